The fourth-order valence-corrected chi connectivity index (χ4v) is 2.90. The lowest BCUT2D eigenvalue weighted by molar-refractivity contribution is -0.139. The number of sulfonamides is 1. The molecule has 1 unspecified atom stereocenters. The number of carboxylic acid groups (broad SMARTS) is 1. The van der Waals surface area contributed by atoms with Gasteiger partial charge in [0.25, 0.3) is 0 Å². The Morgan fingerprint density at radius 1 is 1.35 bits per heavy atom. The molecule has 2 N–H and O–H groups in total. The van der Waals surface area contributed by atoms with Crippen LogP contribution in [-0.4, -0.2) is 25.5 Å². The first-order valence-electron chi connectivity index (χ1n) is 5.38. The van der Waals surface area contributed by atoms with E-state index in [1.165, 1.54) is 6.92 Å². The van der Waals surface area contributed by atoms with Crippen molar-refractivity contribution < 1.29 is 31.5 Å². The van der Waals surface area contributed by atoms with Gasteiger partial charge in [0.05, 0.1) is 10.5 Å². The molecule has 0 fully saturated rings. The van der Waals surface area contributed by atoms with Gasteiger partial charge in [-0.2, -0.15) is 17.9 Å². The maximum Gasteiger partial charge on any atom is 0.416 e. The second-order valence-electron chi connectivity index (χ2n) is 4.16. The van der Waals surface area contributed by atoms with Crippen LogP contribution in [0, 0.1) is 6.92 Å². The molecule has 0 aromatic heterocycles. The van der Waals surface area contributed by atoms with Crippen LogP contribution in [0.5, 0.6) is 0 Å². The van der Waals surface area contributed by atoms with Gasteiger partial charge in [0.1, 0.15) is 6.04 Å². The average molecular weight is 311 g/mol. The van der Waals surface area contributed by atoms with Crippen LogP contribution in [0.25, 0.3) is 0 Å². The fraction of sp³-hybridized carbons (Fsp3) is 0.364. The van der Waals surface area contributed by atoms with Gasteiger partial charge in [-0.1, -0.05) is 0 Å². The van der Waals surface area contributed by atoms with Crippen molar-refractivity contribution in [2.45, 2.75) is 31.0 Å². The van der Waals surface area contributed by atoms with Crippen LogP contribution < -0.4 is 4.72 Å². The van der Waals surface area contributed by atoms with Gasteiger partial charge in [-0.05, 0) is 37.6 Å². The Hall–Kier alpha value is -1.61. The summed E-state index contributed by atoms with van der Waals surface area (Å²) >= 11 is 0. The molecular weight excluding hydrogens is 299 g/mol. The van der Waals surface area contributed by atoms with Gasteiger partial charge < -0.3 is 5.11 Å². The summed E-state index contributed by atoms with van der Waals surface area (Å²) in [5.74, 6) is -1.39. The molecule has 0 heterocycles. The van der Waals surface area contributed by atoms with Crippen LogP contribution in [0.15, 0.2) is 23.1 Å². The van der Waals surface area contributed by atoms with Crippen LogP contribution in [0.4, 0.5) is 13.2 Å². The number of hydrogen-bond donors (Lipinski definition) is 2. The summed E-state index contributed by atoms with van der Waals surface area (Å²) in [6, 6.07) is 0.740. The standard InChI is InChI=1S/C11H12F3NO4S/c1-6-5-8(11(12,13)14)3-4-9(6)20(18,19)15-7(2)10(16)17/h3-5,7,15H,1-2H3,(H,16,17). The number of carboxylic acids is 1. The van der Waals surface area contributed by atoms with Crippen LogP contribution in [0.2, 0.25) is 0 Å². The first-order valence-corrected chi connectivity index (χ1v) is 6.86. The Kier molecular flexibility index (Phi) is 4.45. The topological polar surface area (TPSA) is 83.5 Å². The van der Waals surface area contributed by atoms with E-state index in [-0.39, 0.29) is 5.56 Å². The van der Waals surface area contributed by atoms with E-state index in [2.05, 4.69) is 0 Å². The van der Waals surface area contributed by atoms with Gasteiger partial charge in [-0.25, -0.2) is 8.42 Å². The monoisotopic (exact) mass is 311 g/mol. The summed E-state index contributed by atoms with van der Waals surface area (Å²) < 4.78 is 63.0. The molecule has 0 aliphatic heterocycles. The third-order valence-corrected chi connectivity index (χ3v) is 4.20. The van der Waals surface area contributed by atoms with E-state index in [4.69, 9.17) is 5.11 Å². The number of aliphatic carboxylic acids is 1. The Labute approximate surface area is 113 Å². The Balaban J connectivity index is 3.18. The molecule has 1 rings (SSSR count). The molecule has 0 radical (unpaired) electrons. The van der Waals surface area contributed by atoms with Crippen molar-refractivity contribution in [3.05, 3.63) is 29.3 Å². The molecule has 1 atom stereocenters. The molecule has 0 amide bonds. The minimum atomic E-state index is -4.57. The van der Waals surface area contributed by atoms with Crippen molar-refractivity contribution in [1.82, 2.24) is 4.72 Å². The highest BCUT2D eigenvalue weighted by molar-refractivity contribution is 7.89. The zero-order valence-electron chi connectivity index (χ0n) is 10.5. The zero-order valence-corrected chi connectivity index (χ0v) is 11.3. The molecule has 1 aromatic rings. The zero-order chi connectivity index (χ0) is 15.7. The van der Waals surface area contributed by atoms with E-state index < -0.39 is 38.7 Å². The quantitative estimate of drug-likeness (QED) is 0.887. The molecule has 20 heavy (non-hydrogen) atoms. The molecule has 5 nitrogen and oxygen atoms in total. The minimum absolute atomic E-state index is 0.120. The predicted octanol–water partition coefficient (Wildman–Crippen LogP) is 1.77. The van der Waals surface area contributed by atoms with Crippen LogP contribution in [0.3, 0.4) is 0 Å². The van der Waals surface area contributed by atoms with Gasteiger partial charge in [0, 0.05) is 0 Å². The van der Waals surface area contributed by atoms with Gasteiger partial charge in [0.2, 0.25) is 10.0 Å². The van der Waals surface area contributed by atoms with Crippen molar-refractivity contribution in [3.63, 3.8) is 0 Å². The number of rotatable bonds is 4. The molecule has 0 aliphatic carbocycles. The molecule has 0 aliphatic rings. The normalized spacial score (nSPS) is 14.1. The third kappa shape index (κ3) is 3.70. The van der Waals surface area contributed by atoms with E-state index in [1.54, 1.807) is 0 Å². The SMILES string of the molecule is Cc1cc(C(F)(F)F)ccc1S(=O)(=O)NC(C)C(=O)O. The van der Waals surface area contributed by atoms with Crippen molar-refractivity contribution in [1.29, 1.82) is 0 Å². The molecule has 0 saturated carbocycles. The van der Waals surface area contributed by atoms with E-state index in [0.29, 0.717) is 12.1 Å². The van der Waals surface area contributed by atoms with Gasteiger partial charge >= 0.3 is 12.1 Å². The lowest BCUT2D eigenvalue weighted by Crippen LogP contribution is -2.38. The second kappa shape index (κ2) is 5.41. The fourth-order valence-electron chi connectivity index (χ4n) is 1.47. The largest absolute Gasteiger partial charge is 0.480 e. The molecule has 9 heteroatoms. The molecule has 0 spiro atoms. The number of nitrogens with one attached hydrogen (secondary N) is 1. The predicted molar refractivity (Wildman–Crippen MR) is 63.6 cm³/mol. The summed E-state index contributed by atoms with van der Waals surface area (Å²) in [5.41, 5.74) is -1.09. The summed E-state index contributed by atoms with van der Waals surface area (Å²) in [5, 5.41) is 8.64. The highest BCUT2D eigenvalue weighted by Crippen LogP contribution is 2.31. The maximum absolute atomic E-state index is 12.5. The average Bonchev–Trinajstić information content (AvgIpc) is 2.26. The number of carbonyl (C=O) groups is 1. The molecular formula is C11H12F3NO4S. The van der Waals surface area contributed by atoms with Crippen LogP contribution in [0.1, 0.15) is 18.1 Å². The highest BCUT2D eigenvalue weighted by Gasteiger charge is 2.32. The van der Waals surface area contributed by atoms with E-state index >= 15 is 0 Å². The number of benzene rings is 1. The highest BCUT2D eigenvalue weighted by atomic mass is 32.2. The lowest BCUT2D eigenvalue weighted by atomic mass is 10.1. The van der Waals surface area contributed by atoms with Gasteiger partial charge in [0.15, 0.2) is 0 Å². The molecule has 0 saturated heterocycles. The third-order valence-electron chi connectivity index (χ3n) is 2.49. The first kappa shape index (κ1) is 16.4. The van der Waals surface area contributed by atoms with Crippen molar-refractivity contribution in [3.8, 4) is 0 Å². The van der Waals surface area contributed by atoms with Crippen molar-refractivity contribution in [2.75, 3.05) is 0 Å². The van der Waals surface area contributed by atoms with Crippen molar-refractivity contribution >= 4 is 16.0 Å². The Bertz CT molecular complexity index is 625. The number of hydrogen-bond acceptors (Lipinski definition) is 3. The summed E-state index contributed by atoms with van der Waals surface area (Å²) in [6.07, 6.45) is -4.57. The summed E-state index contributed by atoms with van der Waals surface area (Å²) in [6.45, 7) is 2.31. The minimum Gasteiger partial charge on any atom is -0.480 e. The number of alkyl halides is 3. The molecule has 1 aromatic carbocycles. The molecule has 0 bridgehead atoms. The molecule has 112 valence electrons. The van der Waals surface area contributed by atoms with Crippen LogP contribution in [-0.2, 0) is 21.0 Å². The van der Waals surface area contributed by atoms with Gasteiger partial charge in [-0.3, -0.25) is 4.79 Å². The number of aryl methyl sites for hydroxylation is 1. The lowest BCUT2D eigenvalue weighted by Gasteiger charge is -2.14. The summed E-state index contributed by atoms with van der Waals surface area (Å²) in [4.78, 5) is 10.2. The van der Waals surface area contributed by atoms with E-state index in [1.807, 2.05) is 4.72 Å². The number of halogens is 3. The van der Waals surface area contributed by atoms with Gasteiger partial charge in [-0.15, -0.1) is 0 Å². The Morgan fingerprint density at radius 3 is 2.30 bits per heavy atom. The summed E-state index contributed by atoms with van der Waals surface area (Å²) in [7, 11) is -4.20. The first-order chi connectivity index (χ1) is 8.95. The van der Waals surface area contributed by atoms with E-state index in [0.717, 1.165) is 13.0 Å². The second-order valence-corrected chi connectivity index (χ2v) is 5.84. The Morgan fingerprint density at radius 2 is 1.90 bits per heavy atom. The van der Waals surface area contributed by atoms with Crippen LogP contribution >= 0.6 is 0 Å². The maximum atomic E-state index is 12.5. The smallest absolute Gasteiger partial charge is 0.416 e. The van der Waals surface area contributed by atoms with Crippen molar-refractivity contribution in [2.24, 2.45) is 0 Å². The van der Waals surface area contributed by atoms with E-state index in [9.17, 15) is 26.4 Å².